The van der Waals surface area contributed by atoms with Crippen molar-refractivity contribution in [3.8, 4) is 0 Å². The molecule has 0 aromatic rings. The van der Waals surface area contributed by atoms with E-state index in [1.165, 1.54) is 231 Å². The summed E-state index contributed by atoms with van der Waals surface area (Å²) in [5.41, 5.74) is 0. The number of hydrogen-bond acceptors (Lipinski definition) is 6. The number of rotatable bonds is 54. The van der Waals surface area contributed by atoms with E-state index in [0.717, 1.165) is 57.8 Å². The third kappa shape index (κ3) is 53.0. The van der Waals surface area contributed by atoms with Crippen molar-refractivity contribution in [1.82, 2.24) is 0 Å². The number of unbranched alkanes of at least 4 members (excludes halogenated alkanes) is 41. The van der Waals surface area contributed by atoms with Crippen LogP contribution in [0.3, 0.4) is 0 Å². The van der Waals surface area contributed by atoms with Gasteiger partial charge in [-0.25, -0.2) is 0 Å². The Bertz CT molecular complexity index is 1010. The number of carbonyl (C=O) groups is 3. The van der Waals surface area contributed by atoms with Gasteiger partial charge in [0.1, 0.15) is 13.2 Å². The van der Waals surface area contributed by atoms with Gasteiger partial charge in [0, 0.05) is 19.3 Å². The Hall–Kier alpha value is -1.85. The van der Waals surface area contributed by atoms with E-state index < -0.39 is 6.10 Å². The fourth-order valence-electron chi connectivity index (χ4n) is 8.85. The fraction of sp³-hybridized carbons (Fsp3) is 0.915. The van der Waals surface area contributed by atoms with Crippen molar-refractivity contribution < 1.29 is 28.6 Å². The Morgan fingerprint density at radius 3 is 0.769 bits per heavy atom. The lowest BCUT2D eigenvalue weighted by Gasteiger charge is -2.18. The highest BCUT2D eigenvalue weighted by atomic mass is 16.6. The molecule has 0 aromatic carbocycles. The van der Waals surface area contributed by atoms with Crippen molar-refractivity contribution in [3.05, 3.63) is 12.2 Å². The Morgan fingerprint density at radius 1 is 0.292 bits per heavy atom. The molecule has 6 nitrogen and oxygen atoms in total. The number of hydrogen-bond donors (Lipinski definition) is 0. The molecular weight excluding hydrogens is 805 g/mol. The summed E-state index contributed by atoms with van der Waals surface area (Å²) in [6.07, 6.45) is 62.5. The van der Waals surface area contributed by atoms with Crippen molar-refractivity contribution in [2.45, 2.75) is 335 Å². The monoisotopic (exact) mass is 917 g/mol. The number of carbonyl (C=O) groups excluding carboxylic acids is 3. The van der Waals surface area contributed by atoms with Gasteiger partial charge in [-0.3, -0.25) is 14.4 Å². The lowest BCUT2D eigenvalue weighted by Crippen LogP contribution is -2.30. The van der Waals surface area contributed by atoms with E-state index in [1.807, 2.05) is 0 Å². The first-order valence-corrected chi connectivity index (χ1v) is 29.2. The van der Waals surface area contributed by atoms with Crippen LogP contribution in [-0.4, -0.2) is 37.2 Å². The van der Waals surface area contributed by atoms with Gasteiger partial charge in [-0.05, 0) is 44.9 Å². The molecule has 0 fully saturated rings. The van der Waals surface area contributed by atoms with Gasteiger partial charge in [-0.15, -0.1) is 0 Å². The minimum Gasteiger partial charge on any atom is -0.462 e. The van der Waals surface area contributed by atoms with Gasteiger partial charge in [0.15, 0.2) is 6.10 Å². The minimum atomic E-state index is -0.760. The Kier molecular flexibility index (Phi) is 53.2. The molecule has 0 saturated heterocycles. The highest BCUT2D eigenvalue weighted by Crippen LogP contribution is 2.17. The summed E-state index contributed by atoms with van der Waals surface area (Å²) >= 11 is 0. The number of esters is 3. The highest BCUT2D eigenvalue weighted by Gasteiger charge is 2.19. The van der Waals surface area contributed by atoms with E-state index in [-0.39, 0.29) is 31.1 Å². The molecule has 0 radical (unpaired) electrons. The first kappa shape index (κ1) is 63.1. The second kappa shape index (κ2) is 54.8. The highest BCUT2D eigenvalue weighted by molar-refractivity contribution is 5.71. The maximum atomic E-state index is 12.7. The van der Waals surface area contributed by atoms with E-state index >= 15 is 0 Å². The third-order valence-electron chi connectivity index (χ3n) is 13.3. The molecule has 0 saturated carbocycles. The lowest BCUT2D eigenvalue weighted by molar-refractivity contribution is -0.167. The summed E-state index contributed by atoms with van der Waals surface area (Å²) in [6, 6.07) is 0. The van der Waals surface area contributed by atoms with Gasteiger partial charge in [0.2, 0.25) is 0 Å². The van der Waals surface area contributed by atoms with Gasteiger partial charge < -0.3 is 14.2 Å². The van der Waals surface area contributed by atoms with Crippen LogP contribution in [0.2, 0.25) is 0 Å². The fourth-order valence-corrected chi connectivity index (χ4v) is 8.85. The van der Waals surface area contributed by atoms with Crippen LogP contribution in [0.15, 0.2) is 12.2 Å². The summed E-state index contributed by atoms with van der Waals surface area (Å²) in [6.45, 7) is 6.63. The summed E-state index contributed by atoms with van der Waals surface area (Å²) in [7, 11) is 0. The summed E-state index contributed by atoms with van der Waals surface area (Å²) in [5.74, 6) is -0.853. The number of ether oxygens (including phenoxy) is 3. The van der Waals surface area contributed by atoms with Crippen molar-refractivity contribution in [3.63, 3.8) is 0 Å². The van der Waals surface area contributed by atoms with E-state index in [9.17, 15) is 14.4 Å². The first-order valence-electron chi connectivity index (χ1n) is 29.2. The van der Waals surface area contributed by atoms with Gasteiger partial charge in [-0.2, -0.15) is 0 Å². The predicted molar refractivity (Wildman–Crippen MR) is 280 cm³/mol. The smallest absolute Gasteiger partial charge is 0.306 e. The standard InChI is InChI=1S/C59H112O6/c1-4-7-10-13-16-18-20-21-22-23-24-25-26-27-28-29-30-31-32-33-34-35-36-37-39-40-43-46-49-52-58(61)64-55-56(54-63-57(60)51-48-45-42-15-12-9-6-3)65-59(62)53-50-47-44-41-38-19-17-14-11-8-5-2/h23-24,56H,4-22,25-55H2,1-3H3/b24-23-. The quantitative estimate of drug-likeness (QED) is 0.0262. The second-order valence-corrected chi connectivity index (χ2v) is 19.9. The molecule has 1 unspecified atom stereocenters. The zero-order valence-electron chi connectivity index (χ0n) is 44.0. The molecule has 0 N–H and O–H groups in total. The topological polar surface area (TPSA) is 78.9 Å². The predicted octanol–water partition coefficient (Wildman–Crippen LogP) is 19.3. The summed E-state index contributed by atoms with van der Waals surface area (Å²) in [4.78, 5) is 37.8. The molecule has 0 aliphatic rings. The average molecular weight is 918 g/mol. The van der Waals surface area contributed by atoms with Crippen LogP contribution in [0, 0.1) is 0 Å². The maximum absolute atomic E-state index is 12.7. The molecule has 65 heavy (non-hydrogen) atoms. The molecule has 384 valence electrons. The van der Waals surface area contributed by atoms with Crippen LogP contribution >= 0.6 is 0 Å². The molecule has 0 spiro atoms. The summed E-state index contributed by atoms with van der Waals surface area (Å²) in [5, 5.41) is 0. The molecular formula is C59H112O6. The third-order valence-corrected chi connectivity index (χ3v) is 13.3. The Morgan fingerprint density at radius 2 is 0.508 bits per heavy atom. The molecule has 0 aliphatic carbocycles. The largest absolute Gasteiger partial charge is 0.462 e. The van der Waals surface area contributed by atoms with Crippen LogP contribution < -0.4 is 0 Å². The minimum absolute atomic E-state index is 0.0642. The molecule has 0 aromatic heterocycles. The first-order chi connectivity index (χ1) is 32.0. The van der Waals surface area contributed by atoms with E-state index in [1.54, 1.807) is 0 Å². The SMILES string of the molecule is CCCCCCCCCC/C=C\CCCCCCCCCCCCCCCCCCCC(=O)OCC(COC(=O)CCCCCCCCC)OC(=O)CCCCCCCCCCCCC. The zero-order valence-corrected chi connectivity index (χ0v) is 44.0. The van der Waals surface area contributed by atoms with Gasteiger partial charge in [-0.1, -0.05) is 277 Å². The van der Waals surface area contributed by atoms with E-state index in [4.69, 9.17) is 14.2 Å². The molecule has 0 bridgehead atoms. The number of allylic oxidation sites excluding steroid dienone is 2. The van der Waals surface area contributed by atoms with Crippen LogP contribution in [0.4, 0.5) is 0 Å². The van der Waals surface area contributed by atoms with Crippen molar-refractivity contribution in [2.24, 2.45) is 0 Å². The zero-order chi connectivity index (χ0) is 47.2. The van der Waals surface area contributed by atoms with Gasteiger partial charge in [0.25, 0.3) is 0 Å². The van der Waals surface area contributed by atoms with Crippen LogP contribution in [0.1, 0.15) is 329 Å². The maximum Gasteiger partial charge on any atom is 0.306 e. The second-order valence-electron chi connectivity index (χ2n) is 19.9. The van der Waals surface area contributed by atoms with E-state index in [2.05, 4.69) is 32.9 Å². The molecule has 6 heteroatoms. The molecule has 0 aliphatic heterocycles. The Balaban J connectivity index is 3.95. The van der Waals surface area contributed by atoms with Crippen LogP contribution in [0.5, 0.6) is 0 Å². The summed E-state index contributed by atoms with van der Waals surface area (Å²) < 4.78 is 16.7. The lowest BCUT2D eigenvalue weighted by atomic mass is 10.0. The van der Waals surface area contributed by atoms with Gasteiger partial charge in [0.05, 0.1) is 0 Å². The van der Waals surface area contributed by atoms with Crippen molar-refractivity contribution >= 4 is 17.9 Å². The molecule has 0 amide bonds. The molecule has 0 rings (SSSR count). The average Bonchev–Trinajstić information content (AvgIpc) is 3.30. The molecule has 0 heterocycles. The van der Waals surface area contributed by atoms with E-state index in [0.29, 0.717) is 19.3 Å². The van der Waals surface area contributed by atoms with Crippen LogP contribution in [-0.2, 0) is 28.6 Å². The van der Waals surface area contributed by atoms with Crippen LogP contribution in [0.25, 0.3) is 0 Å². The normalized spacial score (nSPS) is 12.0. The van der Waals surface area contributed by atoms with Crippen molar-refractivity contribution in [1.29, 1.82) is 0 Å². The van der Waals surface area contributed by atoms with Gasteiger partial charge >= 0.3 is 17.9 Å². The van der Waals surface area contributed by atoms with Crippen molar-refractivity contribution in [2.75, 3.05) is 13.2 Å². The molecule has 1 atom stereocenters. The Labute approximate surface area is 405 Å².